The molecule has 0 saturated carbocycles. The molecule has 0 aliphatic carbocycles. The molecule has 2 rings (SSSR count). The predicted molar refractivity (Wildman–Crippen MR) is 82.9 cm³/mol. The summed E-state index contributed by atoms with van der Waals surface area (Å²) in [6.45, 7) is 3.79. The number of rotatable bonds is 3. The van der Waals surface area contributed by atoms with E-state index in [9.17, 15) is 4.79 Å². The van der Waals surface area contributed by atoms with Gasteiger partial charge in [-0.2, -0.15) is 0 Å². The van der Waals surface area contributed by atoms with Gasteiger partial charge in [-0.3, -0.25) is 4.79 Å². The molecule has 0 aliphatic rings. The van der Waals surface area contributed by atoms with E-state index < -0.39 is 0 Å². The van der Waals surface area contributed by atoms with Gasteiger partial charge < -0.3 is 11.1 Å². The molecule has 0 aromatic heterocycles. The highest BCUT2D eigenvalue weighted by Crippen LogP contribution is 2.20. The largest absolute Gasteiger partial charge is 0.398 e. The van der Waals surface area contributed by atoms with E-state index in [2.05, 4.69) is 5.32 Å². The summed E-state index contributed by atoms with van der Waals surface area (Å²) in [5.41, 5.74) is 8.81. The Kier molecular flexibility index (Phi) is 4.30. The zero-order chi connectivity index (χ0) is 14.7. The van der Waals surface area contributed by atoms with Crippen molar-refractivity contribution in [1.29, 1.82) is 0 Å². The van der Waals surface area contributed by atoms with Gasteiger partial charge in [0, 0.05) is 10.7 Å². The average molecular weight is 289 g/mol. The van der Waals surface area contributed by atoms with Gasteiger partial charge in [0.05, 0.1) is 11.6 Å². The van der Waals surface area contributed by atoms with E-state index in [1.165, 1.54) is 0 Å². The Hall–Kier alpha value is -2.00. The van der Waals surface area contributed by atoms with Crippen molar-refractivity contribution in [2.75, 3.05) is 5.73 Å². The molecule has 1 unspecified atom stereocenters. The number of carbonyl (C=O) groups is 1. The van der Waals surface area contributed by atoms with Gasteiger partial charge in [-0.05, 0) is 43.2 Å². The van der Waals surface area contributed by atoms with Gasteiger partial charge >= 0.3 is 0 Å². The van der Waals surface area contributed by atoms with Crippen LogP contribution >= 0.6 is 11.6 Å². The van der Waals surface area contributed by atoms with Crippen molar-refractivity contribution in [2.45, 2.75) is 19.9 Å². The molecular weight excluding hydrogens is 272 g/mol. The first kappa shape index (κ1) is 14.4. The van der Waals surface area contributed by atoms with Gasteiger partial charge in [0.2, 0.25) is 0 Å². The molecule has 1 amide bonds. The summed E-state index contributed by atoms with van der Waals surface area (Å²) in [5.74, 6) is -0.182. The number of benzene rings is 2. The second-order valence-corrected chi connectivity index (χ2v) is 5.22. The number of nitrogens with one attached hydrogen (secondary N) is 1. The van der Waals surface area contributed by atoms with Gasteiger partial charge in [-0.1, -0.05) is 35.9 Å². The number of aryl methyl sites for hydroxylation is 1. The standard InChI is InChI=1S/C16H17ClN2O/c1-10-5-3-8-14(15(10)18)16(20)19-11(2)12-6-4-7-13(17)9-12/h3-9,11H,18H2,1-2H3,(H,19,20). The molecule has 0 bridgehead atoms. The molecule has 0 fully saturated rings. The highest BCUT2D eigenvalue weighted by Gasteiger charge is 2.14. The second kappa shape index (κ2) is 5.97. The highest BCUT2D eigenvalue weighted by molar-refractivity contribution is 6.30. The Labute approximate surface area is 123 Å². The fourth-order valence-electron chi connectivity index (χ4n) is 2.01. The number of anilines is 1. The molecule has 0 saturated heterocycles. The Morgan fingerprint density at radius 1 is 1.25 bits per heavy atom. The third kappa shape index (κ3) is 3.11. The highest BCUT2D eigenvalue weighted by atomic mass is 35.5. The van der Waals surface area contributed by atoms with Crippen molar-refractivity contribution in [1.82, 2.24) is 5.32 Å². The quantitative estimate of drug-likeness (QED) is 0.846. The minimum Gasteiger partial charge on any atom is -0.398 e. The van der Waals surface area contributed by atoms with Crippen LogP contribution in [0.2, 0.25) is 5.02 Å². The van der Waals surface area contributed by atoms with Crippen LogP contribution in [0.5, 0.6) is 0 Å². The zero-order valence-electron chi connectivity index (χ0n) is 11.5. The number of carbonyl (C=O) groups excluding carboxylic acids is 1. The second-order valence-electron chi connectivity index (χ2n) is 4.79. The first-order chi connectivity index (χ1) is 9.49. The Morgan fingerprint density at radius 3 is 2.65 bits per heavy atom. The molecule has 104 valence electrons. The Morgan fingerprint density at radius 2 is 1.95 bits per heavy atom. The van der Waals surface area contributed by atoms with Crippen molar-refractivity contribution in [2.24, 2.45) is 0 Å². The SMILES string of the molecule is Cc1cccc(C(=O)NC(C)c2cccc(Cl)c2)c1N. The third-order valence-corrected chi connectivity index (χ3v) is 3.50. The third-order valence-electron chi connectivity index (χ3n) is 3.27. The van der Waals surface area contributed by atoms with E-state index in [1.54, 1.807) is 12.1 Å². The molecule has 2 aromatic rings. The number of nitrogens with two attached hydrogens (primary N) is 1. The molecule has 0 radical (unpaired) electrons. The average Bonchev–Trinajstić information content (AvgIpc) is 2.41. The van der Waals surface area contributed by atoms with Crippen LogP contribution in [-0.4, -0.2) is 5.91 Å². The van der Waals surface area contributed by atoms with E-state index in [1.807, 2.05) is 44.2 Å². The molecule has 3 nitrogen and oxygen atoms in total. The van der Waals surface area contributed by atoms with E-state index in [0.717, 1.165) is 11.1 Å². The van der Waals surface area contributed by atoms with Crippen LogP contribution in [0.25, 0.3) is 0 Å². The van der Waals surface area contributed by atoms with Crippen LogP contribution in [0.4, 0.5) is 5.69 Å². The van der Waals surface area contributed by atoms with Crippen molar-refractivity contribution >= 4 is 23.2 Å². The summed E-state index contributed by atoms with van der Waals surface area (Å²) in [7, 11) is 0. The minimum absolute atomic E-state index is 0.138. The lowest BCUT2D eigenvalue weighted by atomic mass is 10.1. The van der Waals surface area contributed by atoms with Crippen LogP contribution in [0.1, 0.15) is 34.5 Å². The van der Waals surface area contributed by atoms with Crippen LogP contribution in [-0.2, 0) is 0 Å². The number of amides is 1. The number of para-hydroxylation sites is 1. The maximum absolute atomic E-state index is 12.3. The van der Waals surface area contributed by atoms with Gasteiger partial charge in [0.15, 0.2) is 0 Å². The number of hydrogen-bond acceptors (Lipinski definition) is 2. The summed E-state index contributed by atoms with van der Waals surface area (Å²) in [6.07, 6.45) is 0. The molecule has 2 aromatic carbocycles. The molecule has 1 atom stereocenters. The van der Waals surface area contributed by atoms with E-state index in [4.69, 9.17) is 17.3 Å². The van der Waals surface area contributed by atoms with Crippen molar-refractivity contribution in [3.8, 4) is 0 Å². The molecule has 20 heavy (non-hydrogen) atoms. The maximum atomic E-state index is 12.3. The van der Waals surface area contributed by atoms with Crippen LogP contribution in [0.15, 0.2) is 42.5 Å². The summed E-state index contributed by atoms with van der Waals surface area (Å²) < 4.78 is 0. The lowest BCUT2D eigenvalue weighted by molar-refractivity contribution is 0.0940. The summed E-state index contributed by atoms with van der Waals surface area (Å²) in [5, 5.41) is 3.58. The van der Waals surface area contributed by atoms with Crippen LogP contribution < -0.4 is 11.1 Å². The molecule has 0 aliphatic heterocycles. The maximum Gasteiger partial charge on any atom is 0.253 e. The van der Waals surface area contributed by atoms with E-state index in [-0.39, 0.29) is 11.9 Å². The summed E-state index contributed by atoms with van der Waals surface area (Å²) in [6, 6.07) is 12.7. The number of halogens is 1. The summed E-state index contributed by atoms with van der Waals surface area (Å²) in [4.78, 5) is 12.3. The number of nitrogen functional groups attached to an aromatic ring is 1. The normalized spacial score (nSPS) is 11.9. The van der Waals surface area contributed by atoms with Gasteiger partial charge in [-0.25, -0.2) is 0 Å². The number of hydrogen-bond donors (Lipinski definition) is 2. The fourth-order valence-corrected chi connectivity index (χ4v) is 2.21. The van der Waals surface area contributed by atoms with Crippen molar-refractivity contribution in [3.05, 3.63) is 64.2 Å². The van der Waals surface area contributed by atoms with Crippen molar-refractivity contribution < 1.29 is 4.79 Å². The van der Waals surface area contributed by atoms with Crippen LogP contribution in [0, 0.1) is 6.92 Å². The molecule has 0 spiro atoms. The first-order valence-electron chi connectivity index (χ1n) is 6.40. The minimum atomic E-state index is -0.182. The Bertz CT molecular complexity index is 640. The Balaban J connectivity index is 2.17. The smallest absolute Gasteiger partial charge is 0.253 e. The zero-order valence-corrected chi connectivity index (χ0v) is 12.2. The molecule has 4 heteroatoms. The van der Waals surface area contributed by atoms with Crippen molar-refractivity contribution in [3.63, 3.8) is 0 Å². The van der Waals surface area contributed by atoms with Crippen LogP contribution in [0.3, 0.4) is 0 Å². The lowest BCUT2D eigenvalue weighted by Crippen LogP contribution is -2.27. The van der Waals surface area contributed by atoms with E-state index >= 15 is 0 Å². The van der Waals surface area contributed by atoms with Gasteiger partial charge in [-0.15, -0.1) is 0 Å². The lowest BCUT2D eigenvalue weighted by Gasteiger charge is -2.16. The summed E-state index contributed by atoms with van der Waals surface area (Å²) >= 11 is 5.96. The van der Waals surface area contributed by atoms with E-state index in [0.29, 0.717) is 16.3 Å². The van der Waals surface area contributed by atoms with Gasteiger partial charge in [0.25, 0.3) is 5.91 Å². The molecule has 3 N–H and O–H groups in total. The predicted octanol–water partition coefficient (Wildman–Crippen LogP) is 3.72. The molecule has 0 heterocycles. The first-order valence-corrected chi connectivity index (χ1v) is 6.78. The monoisotopic (exact) mass is 288 g/mol. The molecular formula is C16H17ClN2O. The fraction of sp³-hybridized carbons (Fsp3) is 0.188. The van der Waals surface area contributed by atoms with Gasteiger partial charge in [0.1, 0.15) is 0 Å². The topological polar surface area (TPSA) is 55.1 Å².